The van der Waals surface area contributed by atoms with Gasteiger partial charge in [0.05, 0.1) is 0 Å². The highest BCUT2D eigenvalue weighted by atomic mass is 16.1. The van der Waals surface area contributed by atoms with Gasteiger partial charge in [-0.15, -0.1) is 0 Å². The van der Waals surface area contributed by atoms with Crippen LogP contribution in [0.25, 0.3) is 0 Å². The van der Waals surface area contributed by atoms with Crippen molar-refractivity contribution in [3.63, 3.8) is 0 Å². The molecule has 2 heterocycles. The largest absolute Gasteiger partial charge is 0.382 e. The van der Waals surface area contributed by atoms with Crippen LogP contribution in [0, 0.1) is 0 Å². The predicted molar refractivity (Wildman–Crippen MR) is 65.3 cm³/mol. The number of amides is 1. The number of hydrogen-bond acceptors (Lipinski definition) is 4. The van der Waals surface area contributed by atoms with Crippen LogP contribution in [0.4, 0.5) is 5.82 Å². The Labute approximate surface area is 101 Å². The lowest BCUT2D eigenvalue weighted by Gasteiger charge is -2.18. The van der Waals surface area contributed by atoms with Gasteiger partial charge in [-0.1, -0.05) is 0 Å². The minimum atomic E-state index is 0.160. The standard InChI is InChI=1S/C11H19N5O/c12-10-2-8-16(14-10)6-1-5-15-7-3-11(17)13-4-9-15/h2,8H,1,3-7,9H2,(H2,12,14)(H,13,17). The molecule has 1 fully saturated rings. The van der Waals surface area contributed by atoms with E-state index in [1.54, 1.807) is 6.07 Å². The monoisotopic (exact) mass is 237 g/mol. The minimum Gasteiger partial charge on any atom is -0.382 e. The first-order chi connectivity index (χ1) is 8.24. The van der Waals surface area contributed by atoms with E-state index in [0.717, 1.165) is 39.1 Å². The normalized spacial score (nSPS) is 17.8. The highest BCUT2D eigenvalue weighted by Crippen LogP contribution is 2.01. The third-order valence-electron chi connectivity index (χ3n) is 2.93. The van der Waals surface area contributed by atoms with E-state index < -0.39 is 0 Å². The summed E-state index contributed by atoms with van der Waals surface area (Å²) < 4.78 is 1.86. The van der Waals surface area contributed by atoms with Crippen molar-refractivity contribution >= 4 is 11.7 Å². The smallest absolute Gasteiger partial charge is 0.221 e. The number of nitrogens with zero attached hydrogens (tertiary/aromatic N) is 3. The van der Waals surface area contributed by atoms with Gasteiger partial charge in [-0.25, -0.2) is 0 Å². The van der Waals surface area contributed by atoms with Crippen LogP contribution in [0.5, 0.6) is 0 Å². The molecular formula is C11H19N5O. The Hall–Kier alpha value is -1.56. The highest BCUT2D eigenvalue weighted by Gasteiger charge is 2.12. The summed E-state index contributed by atoms with van der Waals surface area (Å²) in [5.41, 5.74) is 5.54. The van der Waals surface area contributed by atoms with Crippen molar-refractivity contribution in [3.8, 4) is 0 Å². The Morgan fingerprint density at radius 3 is 3.06 bits per heavy atom. The summed E-state index contributed by atoms with van der Waals surface area (Å²) in [5.74, 6) is 0.724. The Balaban J connectivity index is 1.69. The van der Waals surface area contributed by atoms with Gasteiger partial charge in [-0.05, 0) is 19.0 Å². The van der Waals surface area contributed by atoms with E-state index in [1.807, 2.05) is 10.9 Å². The molecule has 6 nitrogen and oxygen atoms in total. The number of nitrogens with two attached hydrogens (primary N) is 1. The van der Waals surface area contributed by atoms with Gasteiger partial charge in [0, 0.05) is 38.8 Å². The number of nitrogens with one attached hydrogen (secondary N) is 1. The third kappa shape index (κ3) is 3.74. The number of anilines is 1. The summed E-state index contributed by atoms with van der Waals surface area (Å²) in [6, 6.07) is 1.80. The van der Waals surface area contributed by atoms with Crippen molar-refractivity contribution in [3.05, 3.63) is 12.3 Å². The molecule has 1 saturated heterocycles. The lowest BCUT2D eigenvalue weighted by Crippen LogP contribution is -2.29. The van der Waals surface area contributed by atoms with Crippen molar-refractivity contribution < 1.29 is 4.79 Å². The second-order valence-corrected chi connectivity index (χ2v) is 4.30. The average molecular weight is 237 g/mol. The average Bonchev–Trinajstić information content (AvgIpc) is 2.59. The molecule has 1 aliphatic heterocycles. The molecule has 0 unspecified atom stereocenters. The molecule has 0 spiro atoms. The van der Waals surface area contributed by atoms with Gasteiger partial charge in [0.2, 0.25) is 5.91 Å². The van der Waals surface area contributed by atoms with Gasteiger partial charge in [0.15, 0.2) is 0 Å². The summed E-state index contributed by atoms with van der Waals surface area (Å²) in [7, 11) is 0. The Kier molecular flexibility index (Phi) is 3.98. The van der Waals surface area contributed by atoms with Crippen molar-refractivity contribution in [2.75, 3.05) is 31.9 Å². The van der Waals surface area contributed by atoms with E-state index in [-0.39, 0.29) is 5.91 Å². The fourth-order valence-corrected chi connectivity index (χ4v) is 2.00. The molecule has 6 heteroatoms. The predicted octanol–water partition coefficient (Wildman–Crippen LogP) is -0.323. The summed E-state index contributed by atoms with van der Waals surface area (Å²) in [6.45, 7) is 4.41. The van der Waals surface area contributed by atoms with Crippen molar-refractivity contribution in [1.82, 2.24) is 20.0 Å². The van der Waals surface area contributed by atoms with Crippen LogP contribution in [-0.2, 0) is 11.3 Å². The molecule has 17 heavy (non-hydrogen) atoms. The molecule has 0 aliphatic carbocycles. The number of carbonyl (C=O) groups is 1. The fraction of sp³-hybridized carbons (Fsp3) is 0.636. The topological polar surface area (TPSA) is 76.2 Å². The van der Waals surface area contributed by atoms with Gasteiger partial charge in [0.1, 0.15) is 5.82 Å². The zero-order valence-corrected chi connectivity index (χ0v) is 9.93. The number of rotatable bonds is 4. The molecule has 94 valence electrons. The van der Waals surface area contributed by atoms with Gasteiger partial charge in [-0.2, -0.15) is 5.10 Å². The molecule has 0 atom stereocenters. The molecular weight excluding hydrogens is 218 g/mol. The molecule has 0 radical (unpaired) electrons. The molecule has 1 aliphatic rings. The van der Waals surface area contributed by atoms with Crippen LogP contribution in [0.15, 0.2) is 12.3 Å². The highest BCUT2D eigenvalue weighted by molar-refractivity contribution is 5.76. The van der Waals surface area contributed by atoms with Crippen LogP contribution in [0.1, 0.15) is 12.8 Å². The van der Waals surface area contributed by atoms with E-state index in [0.29, 0.717) is 12.2 Å². The van der Waals surface area contributed by atoms with Crippen LogP contribution < -0.4 is 11.1 Å². The maximum Gasteiger partial charge on any atom is 0.221 e. The number of hydrogen-bond donors (Lipinski definition) is 2. The number of aromatic nitrogens is 2. The second-order valence-electron chi connectivity index (χ2n) is 4.30. The summed E-state index contributed by atoms with van der Waals surface area (Å²) in [5, 5.41) is 7.00. The van der Waals surface area contributed by atoms with Crippen LogP contribution >= 0.6 is 0 Å². The van der Waals surface area contributed by atoms with E-state index in [9.17, 15) is 4.79 Å². The van der Waals surface area contributed by atoms with Crippen molar-refractivity contribution in [2.24, 2.45) is 0 Å². The van der Waals surface area contributed by atoms with Gasteiger partial charge < -0.3 is 16.0 Å². The molecule has 1 aromatic heterocycles. The number of carbonyl (C=O) groups excluding carboxylic acids is 1. The second kappa shape index (κ2) is 5.67. The molecule has 0 aromatic carbocycles. The van der Waals surface area contributed by atoms with Crippen molar-refractivity contribution in [2.45, 2.75) is 19.4 Å². The minimum absolute atomic E-state index is 0.160. The third-order valence-corrected chi connectivity index (χ3v) is 2.93. The van der Waals surface area contributed by atoms with Crippen LogP contribution in [0.2, 0.25) is 0 Å². The van der Waals surface area contributed by atoms with E-state index >= 15 is 0 Å². The first-order valence-corrected chi connectivity index (χ1v) is 6.02. The van der Waals surface area contributed by atoms with Crippen LogP contribution in [0.3, 0.4) is 0 Å². The molecule has 0 saturated carbocycles. The van der Waals surface area contributed by atoms with E-state index in [4.69, 9.17) is 5.73 Å². The van der Waals surface area contributed by atoms with E-state index in [2.05, 4.69) is 15.3 Å². The zero-order chi connectivity index (χ0) is 12.1. The zero-order valence-electron chi connectivity index (χ0n) is 9.93. The molecule has 0 bridgehead atoms. The SMILES string of the molecule is Nc1ccn(CCCN2CCNC(=O)CC2)n1. The van der Waals surface area contributed by atoms with E-state index in [1.165, 1.54) is 0 Å². The quantitative estimate of drug-likeness (QED) is 0.752. The fourth-order valence-electron chi connectivity index (χ4n) is 2.00. The summed E-state index contributed by atoms with van der Waals surface area (Å²) in [6.07, 6.45) is 3.52. The lowest BCUT2D eigenvalue weighted by atomic mass is 10.3. The Morgan fingerprint density at radius 1 is 1.41 bits per heavy atom. The molecule has 1 aromatic rings. The molecule has 3 N–H and O–H groups in total. The lowest BCUT2D eigenvalue weighted by molar-refractivity contribution is -0.120. The first kappa shape index (κ1) is 11.9. The van der Waals surface area contributed by atoms with Gasteiger partial charge in [-0.3, -0.25) is 9.48 Å². The Bertz CT molecular complexity index is 376. The van der Waals surface area contributed by atoms with Gasteiger partial charge in [0.25, 0.3) is 0 Å². The summed E-state index contributed by atoms with van der Waals surface area (Å²) in [4.78, 5) is 13.5. The number of nitrogen functional groups attached to an aromatic ring is 1. The van der Waals surface area contributed by atoms with Gasteiger partial charge >= 0.3 is 0 Å². The van der Waals surface area contributed by atoms with Crippen LogP contribution in [-0.4, -0.2) is 46.8 Å². The maximum atomic E-state index is 11.2. The Morgan fingerprint density at radius 2 is 2.29 bits per heavy atom. The number of aryl methyl sites for hydroxylation is 1. The maximum absolute atomic E-state index is 11.2. The van der Waals surface area contributed by atoms with Crippen molar-refractivity contribution in [1.29, 1.82) is 0 Å². The first-order valence-electron chi connectivity index (χ1n) is 6.02. The molecule has 1 amide bonds. The summed E-state index contributed by atoms with van der Waals surface area (Å²) >= 11 is 0. The molecule has 2 rings (SSSR count).